The van der Waals surface area contributed by atoms with Crippen molar-refractivity contribution in [1.82, 2.24) is 4.98 Å². The smallest absolute Gasteiger partial charge is 0.0471 e. The Morgan fingerprint density at radius 2 is 1.51 bits per heavy atom. The van der Waals surface area contributed by atoms with Gasteiger partial charge >= 0.3 is 0 Å². The zero-order valence-electron chi connectivity index (χ0n) is 21.9. The lowest BCUT2D eigenvalue weighted by Crippen LogP contribution is -1.99. The minimum atomic E-state index is 0.930. The van der Waals surface area contributed by atoms with Crippen molar-refractivity contribution in [3.63, 3.8) is 0 Å². The third-order valence-electron chi connectivity index (χ3n) is 7.18. The Hall–Kier alpha value is -4.36. The van der Waals surface area contributed by atoms with Crippen molar-refractivity contribution in [2.45, 2.75) is 27.2 Å². The zero-order chi connectivity index (χ0) is 25.9. The molecule has 0 saturated carbocycles. The Balaban J connectivity index is 1.78. The molecule has 0 atom stereocenters. The summed E-state index contributed by atoms with van der Waals surface area (Å²) >= 11 is 0. The van der Waals surface area contributed by atoms with Crippen LogP contribution in [0.1, 0.15) is 41.7 Å². The van der Waals surface area contributed by atoms with Crippen LogP contribution in [-0.4, -0.2) is 4.98 Å². The van der Waals surface area contributed by atoms with Crippen molar-refractivity contribution >= 4 is 38.5 Å². The second-order valence-corrected chi connectivity index (χ2v) is 9.66. The lowest BCUT2D eigenvalue weighted by molar-refractivity contribution is 1.13. The van der Waals surface area contributed by atoms with Crippen molar-refractivity contribution in [1.29, 1.82) is 0 Å². The van der Waals surface area contributed by atoms with Crippen LogP contribution in [0, 0.1) is 6.92 Å². The van der Waals surface area contributed by atoms with E-state index in [1.807, 2.05) is 6.08 Å². The van der Waals surface area contributed by atoms with E-state index in [9.17, 15) is 0 Å². The molecule has 5 rings (SSSR count). The molecule has 4 aromatic carbocycles. The number of rotatable bonds is 7. The maximum atomic E-state index is 4.47. The molecule has 0 aliphatic rings. The minimum Gasteiger partial charge on any atom is -0.354 e. The average Bonchev–Trinajstić information content (AvgIpc) is 3.30. The molecule has 0 aliphatic heterocycles. The molecule has 1 nitrogen and oxygen atoms in total. The summed E-state index contributed by atoms with van der Waals surface area (Å²) in [6.45, 7) is 15.1. The van der Waals surface area contributed by atoms with Crippen molar-refractivity contribution in [2.75, 3.05) is 0 Å². The highest BCUT2D eigenvalue weighted by atomic mass is 14.7. The summed E-state index contributed by atoms with van der Waals surface area (Å²) in [6.07, 6.45) is 5.13. The molecular formula is C36H33N. The van der Waals surface area contributed by atoms with Gasteiger partial charge in [0.05, 0.1) is 0 Å². The number of benzene rings is 4. The minimum absolute atomic E-state index is 0.930. The number of aromatic nitrogens is 1. The molecule has 37 heavy (non-hydrogen) atoms. The summed E-state index contributed by atoms with van der Waals surface area (Å²) in [5.74, 6) is 0. The van der Waals surface area contributed by atoms with Gasteiger partial charge in [-0.05, 0) is 89.1 Å². The Kier molecular flexibility index (Phi) is 6.79. The van der Waals surface area contributed by atoms with E-state index in [-0.39, 0.29) is 0 Å². The van der Waals surface area contributed by atoms with Gasteiger partial charge in [0, 0.05) is 21.8 Å². The Labute approximate surface area is 220 Å². The first kappa shape index (κ1) is 24.3. The number of nitrogens with one attached hydrogen (secondary N) is 1. The Morgan fingerprint density at radius 3 is 2.22 bits per heavy atom. The molecule has 0 radical (unpaired) electrons. The standard InChI is InChI=1S/C36H33N/c1-6-25(4)36(32-23-35-33(22-27(32)7-2)30-15-11-12-16-34(30)37-35)31(29-13-9-8-10-14-29)21-26(5)28-19-17-24(3)18-20-28/h6,8-23,37H,1,5,7H2,2-4H3/b31-21-,36-25-. The van der Waals surface area contributed by atoms with Crippen LogP contribution in [0.2, 0.25) is 0 Å². The molecule has 0 saturated heterocycles. The summed E-state index contributed by atoms with van der Waals surface area (Å²) in [4.78, 5) is 3.65. The topological polar surface area (TPSA) is 15.8 Å². The van der Waals surface area contributed by atoms with Gasteiger partial charge in [-0.3, -0.25) is 0 Å². The number of allylic oxidation sites excluding steroid dienone is 6. The highest BCUT2D eigenvalue weighted by Crippen LogP contribution is 2.40. The zero-order valence-corrected chi connectivity index (χ0v) is 21.9. The molecule has 0 amide bonds. The number of para-hydroxylation sites is 1. The molecule has 0 unspecified atom stereocenters. The van der Waals surface area contributed by atoms with Gasteiger partial charge in [0.15, 0.2) is 0 Å². The molecular weight excluding hydrogens is 446 g/mol. The summed E-state index contributed by atoms with van der Waals surface area (Å²) in [6, 6.07) is 32.4. The molecule has 5 aromatic rings. The SMILES string of the molecule is C=C/C(C)=C(/C(=C\C(=C)c1ccc(C)cc1)c1ccccc1)c1cc2[nH]c3ccccc3c2cc1CC. The van der Waals surface area contributed by atoms with E-state index < -0.39 is 0 Å². The predicted molar refractivity (Wildman–Crippen MR) is 163 cm³/mol. The van der Waals surface area contributed by atoms with E-state index in [1.165, 1.54) is 33.0 Å². The normalized spacial score (nSPS) is 12.6. The number of hydrogen-bond acceptors (Lipinski definition) is 0. The van der Waals surface area contributed by atoms with Gasteiger partial charge in [-0.25, -0.2) is 0 Å². The van der Waals surface area contributed by atoms with Gasteiger partial charge in [-0.15, -0.1) is 0 Å². The number of aromatic amines is 1. The maximum absolute atomic E-state index is 4.47. The first-order valence-corrected chi connectivity index (χ1v) is 12.9. The van der Waals surface area contributed by atoms with E-state index in [2.05, 4.69) is 136 Å². The highest BCUT2D eigenvalue weighted by molar-refractivity contribution is 6.13. The highest BCUT2D eigenvalue weighted by Gasteiger charge is 2.18. The van der Waals surface area contributed by atoms with Crippen LogP contribution in [-0.2, 0) is 6.42 Å². The van der Waals surface area contributed by atoms with Crippen LogP contribution in [0.25, 0.3) is 38.5 Å². The fourth-order valence-electron chi connectivity index (χ4n) is 5.08. The first-order valence-electron chi connectivity index (χ1n) is 12.9. The fraction of sp³-hybridized carbons (Fsp3) is 0.111. The van der Waals surface area contributed by atoms with Crippen molar-refractivity contribution in [2.24, 2.45) is 0 Å². The van der Waals surface area contributed by atoms with E-state index in [0.717, 1.165) is 45.3 Å². The van der Waals surface area contributed by atoms with Crippen LogP contribution in [0.5, 0.6) is 0 Å². The third-order valence-corrected chi connectivity index (χ3v) is 7.18. The first-order chi connectivity index (χ1) is 18.0. The Morgan fingerprint density at radius 1 is 0.811 bits per heavy atom. The summed E-state index contributed by atoms with van der Waals surface area (Å²) in [7, 11) is 0. The third kappa shape index (κ3) is 4.73. The Bertz CT molecular complexity index is 1670. The number of hydrogen-bond donors (Lipinski definition) is 1. The van der Waals surface area contributed by atoms with E-state index in [1.54, 1.807) is 0 Å². The molecule has 1 N–H and O–H groups in total. The lowest BCUT2D eigenvalue weighted by atomic mass is 9.84. The van der Waals surface area contributed by atoms with Crippen LogP contribution < -0.4 is 0 Å². The number of aryl methyl sites for hydroxylation is 2. The fourth-order valence-corrected chi connectivity index (χ4v) is 5.08. The molecule has 1 aromatic heterocycles. The van der Waals surface area contributed by atoms with Gasteiger partial charge in [-0.2, -0.15) is 0 Å². The second kappa shape index (κ2) is 10.3. The average molecular weight is 480 g/mol. The van der Waals surface area contributed by atoms with Crippen LogP contribution in [0.3, 0.4) is 0 Å². The summed E-state index contributed by atoms with van der Waals surface area (Å²) in [5, 5.41) is 2.53. The molecule has 1 heteroatoms. The van der Waals surface area contributed by atoms with Crippen molar-refractivity contribution in [3.8, 4) is 0 Å². The maximum Gasteiger partial charge on any atom is 0.0471 e. The molecule has 0 aliphatic carbocycles. The van der Waals surface area contributed by atoms with Gasteiger partial charge in [0.25, 0.3) is 0 Å². The lowest BCUT2D eigenvalue weighted by Gasteiger charge is -2.20. The molecule has 182 valence electrons. The molecule has 1 heterocycles. The number of H-pyrrole nitrogens is 1. The number of fused-ring (bicyclic) bond motifs is 3. The molecule has 0 bridgehead atoms. The quantitative estimate of drug-likeness (QED) is 0.224. The van der Waals surface area contributed by atoms with Crippen LogP contribution in [0.15, 0.2) is 122 Å². The van der Waals surface area contributed by atoms with Gasteiger partial charge in [0.1, 0.15) is 0 Å². The summed E-state index contributed by atoms with van der Waals surface area (Å²) < 4.78 is 0. The largest absolute Gasteiger partial charge is 0.354 e. The predicted octanol–water partition coefficient (Wildman–Crippen LogP) is 9.95. The van der Waals surface area contributed by atoms with Crippen molar-refractivity contribution in [3.05, 3.63) is 150 Å². The van der Waals surface area contributed by atoms with E-state index >= 15 is 0 Å². The van der Waals surface area contributed by atoms with Crippen LogP contribution >= 0.6 is 0 Å². The molecule has 0 spiro atoms. The van der Waals surface area contributed by atoms with Crippen molar-refractivity contribution < 1.29 is 0 Å². The van der Waals surface area contributed by atoms with Gasteiger partial charge in [0.2, 0.25) is 0 Å². The van der Waals surface area contributed by atoms with E-state index in [4.69, 9.17) is 0 Å². The van der Waals surface area contributed by atoms with E-state index in [0.29, 0.717) is 0 Å². The van der Waals surface area contributed by atoms with Gasteiger partial charge in [-0.1, -0.05) is 105 Å². The monoisotopic (exact) mass is 479 g/mol. The van der Waals surface area contributed by atoms with Gasteiger partial charge < -0.3 is 4.98 Å². The second-order valence-electron chi connectivity index (χ2n) is 9.66. The summed E-state index contributed by atoms with van der Waals surface area (Å²) in [5.41, 5.74) is 12.8. The molecule has 0 fully saturated rings. The van der Waals surface area contributed by atoms with Crippen LogP contribution in [0.4, 0.5) is 0 Å².